The van der Waals surface area contributed by atoms with E-state index in [0.29, 0.717) is 17.0 Å². The van der Waals surface area contributed by atoms with Gasteiger partial charge in [-0.15, -0.1) is 0 Å². The predicted octanol–water partition coefficient (Wildman–Crippen LogP) is 5.40. The van der Waals surface area contributed by atoms with Crippen molar-refractivity contribution in [2.24, 2.45) is 0 Å². The molecule has 3 aromatic rings. The molecule has 1 fully saturated rings. The summed E-state index contributed by atoms with van der Waals surface area (Å²) < 4.78 is 46.9. The Bertz CT molecular complexity index is 1380. The molecule has 0 atom stereocenters. The van der Waals surface area contributed by atoms with E-state index in [-0.39, 0.29) is 34.3 Å². The summed E-state index contributed by atoms with van der Waals surface area (Å²) in [6, 6.07) is 11.7. The van der Waals surface area contributed by atoms with Gasteiger partial charge in [0.05, 0.1) is 16.3 Å². The fraction of sp³-hybridized carbons (Fsp3) is 0.280. The molecule has 1 aliphatic carbocycles. The molecule has 1 aliphatic heterocycles. The zero-order valence-electron chi connectivity index (χ0n) is 18.7. The molecule has 7 nitrogen and oxygen atoms in total. The number of amides is 1. The van der Waals surface area contributed by atoms with Crippen LogP contribution in [0.1, 0.15) is 32.1 Å². The first-order valence-electron chi connectivity index (χ1n) is 11.3. The van der Waals surface area contributed by atoms with E-state index in [1.54, 1.807) is 6.07 Å². The molecule has 0 spiro atoms. The maximum atomic E-state index is 13.2. The SMILES string of the molecule is O=C1COc2ccc(-c3cnc(Cl)c(NS(=O)(=O)c4ccc(F)cc4)c3)cc2N1C1CCCCC1. The molecule has 2 aromatic carbocycles. The quantitative estimate of drug-likeness (QED) is 0.460. The number of nitrogens with zero attached hydrogens (tertiary/aromatic N) is 2. The topological polar surface area (TPSA) is 88.6 Å². The number of sulfonamides is 1. The molecule has 1 N–H and O–H groups in total. The standard InChI is InChI=1S/C25H23ClFN3O4S/c26-25-21(29-35(32,33)20-9-7-18(27)8-10-20)12-17(14-28-25)16-6-11-23-22(13-16)30(24(31)15-34-23)19-4-2-1-3-5-19/h6-14,19,29H,1-5,15H2. The number of nitrogens with one attached hydrogen (secondary N) is 1. The van der Waals surface area contributed by atoms with Crippen LogP contribution in [0, 0.1) is 5.82 Å². The average molecular weight is 516 g/mol. The van der Waals surface area contributed by atoms with E-state index in [1.807, 2.05) is 23.1 Å². The monoisotopic (exact) mass is 515 g/mol. The van der Waals surface area contributed by atoms with E-state index < -0.39 is 15.8 Å². The minimum atomic E-state index is -4.01. The van der Waals surface area contributed by atoms with Crippen molar-refractivity contribution in [3.05, 3.63) is 65.7 Å². The molecule has 1 aromatic heterocycles. The average Bonchev–Trinajstić information content (AvgIpc) is 2.85. The van der Waals surface area contributed by atoms with Crippen LogP contribution in [0.3, 0.4) is 0 Å². The number of fused-ring (bicyclic) bond motifs is 1. The first-order valence-corrected chi connectivity index (χ1v) is 13.2. The summed E-state index contributed by atoms with van der Waals surface area (Å²) in [6.07, 6.45) is 6.79. The molecule has 2 aliphatic rings. The summed E-state index contributed by atoms with van der Waals surface area (Å²) in [5, 5.41) is -0.0280. The normalized spacial score (nSPS) is 16.5. The molecule has 1 saturated carbocycles. The Kier molecular flexibility index (Phi) is 6.37. The van der Waals surface area contributed by atoms with Gasteiger partial charge in [0.15, 0.2) is 11.8 Å². The number of hydrogen-bond acceptors (Lipinski definition) is 5. The summed E-state index contributed by atoms with van der Waals surface area (Å²) in [5.74, 6) is 0.0319. The number of benzene rings is 2. The Morgan fingerprint density at radius 2 is 1.77 bits per heavy atom. The van der Waals surface area contributed by atoms with E-state index in [9.17, 15) is 17.6 Å². The van der Waals surface area contributed by atoms with Crippen LogP contribution in [0.15, 0.2) is 59.6 Å². The highest BCUT2D eigenvalue weighted by atomic mass is 35.5. The summed E-state index contributed by atoms with van der Waals surface area (Å²) >= 11 is 6.19. The number of rotatable bonds is 5. The van der Waals surface area contributed by atoms with Crippen LogP contribution >= 0.6 is 11.6 Å². The second kappa shape index (κ2) is 9.47. The number of carbonyl (C=O) groups is 1. The van der Waals surface area contributed by atoms with Gasteiger partial charge in [0.25, 0.3) is 15.9 Å². The fourth-order valence-corrected chi connectivity index (χ4v) is 5.85. The number of halogens is 2. The predicted molar refractivity (Wildman–Crippen MR) is 132 cm³/mol. The van der Waals surface area contributed by atoms with Crippen molar-refractivity contribution < 1.29 is 22.3 Å². The number of hydrogen-bond donors (Lipinski definition) is 1. The van der Waals surface area contributed by atoms with E-state index in [1.165, 1.54) is 24.8 Å². The number of carbonyl (C=O) groups excluding carboxylic acids is 1. The van der Waals surface area contributed by atoms with Gasteiger partial charge in [-0.05, 0) is 60.9 Å². The maximum Gasteiger partial charge on any atom is 0.265 e. The van der Waals surface area contributed by atoms with Gasteiger partial charge >= 0.3 is 0 Å². The van der Waals surface area contributed by atoms with Gasteiger partial charge in [0.2, 0.25) is 0 Å². The first kappa shape index (κ1) is 23.6. The summed E-state index contributed by atoms with van der Waals surface area (Å²) in [4.78, 5) is 18.7. The van der Waals surface area contributed by atoms with E-state index in [4.69, 9.17) is 16.3 Å². The molecular formula is C25H23ClFN3O4S. The van der Waals surface area contributed by atoms with Crippen LogP contribution < -0.4 is 14.4 Å². The summed E-state index contributed by atoms with van der Waals surface area (Å²) in [6.45, 7) is 0.0145. The molecule has 2 heterocycles. The van der Waals surface area contributed by atoms with Crippen LogP contribution in [-0.4, -0.2) is 32.0 Å². The molecular weight excluding hydrogens is 493 g/mol. The van der Waals surface area contributed by atoms with Crippen molar-refractivity contribution in [3.63, 3.8) is 0 Å². The molecule has 0 bridgehead atoms. The third-order valence-electron chi connectivity index (χ3n) is 6.32. The molecule has 0 unspecified atom stereocenters. The van der Waals surface area contributed by atoms with Crippen LogP contribution in [0.5, 0.6) is 5.75 Å². The third kappa shape index (κ3) is 4.83. The lowest BCUT2D eigenvalue weighted by Gasteiger charge is -2.38. The second-order valence-corrected chi connectivity index (χ2v) is 10.7. The van der Waals surface area contributed by atoms with Crippen LogP contribution in [0.4, 0.5) is 15.8 Å². The summed E-state index contributed by atoms with van der Waals surface area (Å²) in [7, 11) is -4.01. The van der Waals surface area contributed by atoms with Gasteiger partial charge in [-0.2, -0.15) is 0 Å². The number of aromatic nitrogens is 1. The van der Waals surface area contributed by atoms with Gasteiger partial charge in [0.1, 0.15) is 11.6 Å². The molecule has 1 amide bonds. The fourth-order valence-electron chi connectivity index (χ4n) is 4.59. The lowest BCUT2D eigenvalue weighted by Crippen LogP contribution is -2.46. The van der Waals surface area contributed by atoms with E-state index in [2.05, 4.69) is 9.71 Å². The highest BCUT2D eigenvalue weighted by molar-refractivity contribution is 7.92. The van der Waals surface area contributed by atoms with Gasteiger partial charge in [0, 0.05) is 17.8 Å². The molecule has 182 valence electrons. The van der Waals surface area contributed by atoms with Crippen LogP contribution in [0.2, 0.25) is 5.15 Å². The van der Waals surface area contributed by atoms with Crippen molar-refractivity contribution in [1.82, 2.24) is 4.98 Å². The maximum absolute atomic E-state index is 13.2. The van der Waals surface area contributed by atoms with Gasteiger partial charge in [-0.25, -0.2) is 17.8 Å². The number of pyridine rings is 1. The number of anilines is 2. The van der Waals surface area contributed by atoms with Crippen molar-refractivity contribution in [3.8, 4) is 16.9 Å². The van der Waals surface area contributed by atoms with Crippen molar-refractivity contribution >= 4 is 38.9 Å². The Morgan fingerprint density at radius 3 is 2.51 bits per heavy atom. The van der Waals surface area contributed by atoms with E-state index >= 15 is 0 Å². The Labute approximate surface area is 207 Å². The van der Waals surface area contributed by atoms with Crippen molar-refractivity contribution in [2.45, 2.75) is 43.0 Å². The van der Waals surface area contributed by atoms with Gasteiger partial charge in [-0.3, -0.25) is 9.52 Å². The van der Waals surface area contributed by atoms with Gasteiger partial charge in [-0.1, -0.05) is 36.9 Å². The zero-order valence-corrected chi connectivity index (χ0v) is 20.3. The zero-order chi connectivity index (χ0) is 24.6. The Hall–Kier alpha value is -3.17. The first-order chi connectivity index (χ1) is 16.8. The van der Waals surface area contributed by atoms with Crippen molar-refractivity contribution in [1.29, 1.82) is 0 Å². The minimum Gasteiger partial charge on any atom is -0.482 e. The second-order valence-electron chi connectivity index (χ2n) is 8.65. The lowest BCUT2D eigenvalue weighted by molar-refractivity contribution is -0.122. The third-order valence-corrected chi connectivity index (χ3v) is 8.00. The molecule has 35 heavy (non-hydrogen) atoms. The van der Waals surface area contributed by atoms with Crippen LogP contribution in [0.25, 0.3) is 11.1 Å². The Balaban J connectivity index is 1.48. The van der Waals surface area contributed by atoms with Gasteiger partial charge < -0.3 is 9.64 Å². The largest absolute Gasteiger partial charge is 0.482 e. The minimum absolute atomic E-state index is 0.0145. The highest BCUT2D eigenvalue weighted by Gasteiger charge is 2.32. The lowest BCUT2D eigenvalue weighted by atomic mass is 9.93. The van der Waals surface area contributed by atoms with E-state index in [0.717, 1.165) is 43.4 Å². The summed E-state index contributed by atoms with van der Waals surface area (Å²) in [5.41, 5.74) is 2.13. The molecule has 0 radical (unpaired) electrons. The molecule has 10 heteroatoms. The number of ether oxygens (including phenoxy) is 1. The molecule has 5 rings (SSSR count). The van der Waals surface area contributed by atoms with Crippen molar-refractivity contribution in [2.75, 3.05) is 16.2 Å². The van der Waals surface area contributed by atoms with Crippen LogP contribution in [-0.2, 0) is 14.8 Å². The Morgan fingerprint density at radius 1 is 1.03 bits per heavy atom. The molecule has 0 saturated heterocycles. The smallest absolute Gasteiger partial charge is 0.265 e. The highest BCUT2D eigenvalue weighted by Crippen LogP contribution is 2.40.